The number of fused-ring (bicyclic) bond motifs is 1. The third-order valence-corrected chi connectivity index (χ3v) is 5.46. The van der Waals surface area contributed by atoms with Crippen molar-refractivity contribution in [2.75, 3.05) is 25.0 Å². The van der Waals surface area contributed by atoms with Gasteiger partial charge in [-0.05, 0) is 44.0 Å². The lowest BCUT2D eigenvalue weighted by molar-refractivity contribution is 0.274. The smallest absolute Gasteiger partial charge is 0.162 e. The van der Waals surface area contributed by atoms with Gasteiger partial charge in [0.1, 0.15) is 11.8 Å². The predicted molar refractivity (Wildman–Crippen MR) is 100 cm³/mol. The standard InChI is InChI=1S/C18H21ClN6/c1-20-18(10-13-2-4-14(19)5-3-13)6-8-25(9-7-18)17-15-16(22-11-21-15)23-12-24-17/h2-5,11-12,20H,6-10H2,1H3,(H,21,22,23,24). The van der Waals surface area contributed by atoms with Crippen molar-refractivity contribution in [1.29, 1.82) is 0 Å². The number of halogens is 1. The molecule has 1 aliphatic heterocycles. The second-order valence-electron chi connectivity index (χ2n) is 6.62. The van der Waals surface area contributed by atoms with Gasteiger partial charge in [-0.2, -0.15) is 0 Å². The lowest BCUT2D eigenvalue weighted by Crippen LogP contribution is -2.53. The second kappa shape index (κ2) is 6.61. The summed E-state index contributed by atoms with van der Waals surface area (Å²) in [7, 11) is 2.06. The van der Waals surface area contributed by atoms with Crippen molar-refractivity contribution < 1.29 is 0 Å². The monoisotopic (exact) mass is 356 g/mol. The number of benzene rings is 1. The van der Waals surface area contributed by atoms with Crippen molar-refractivity contribution in [2.45, 2.75) is 24.8 Å². The molecule has 3 heterocycles. The summed E-state index contributed by atoms with van der Waals surface area (Å²) in [4.78, 5) is 18.4. The lowest BCUT2D eigenvalue weighted by Gasteiger charge is -2.42. The van der Waals surface area contributed by atoms with E-state index in [1.165, 1.54) is 5.56 Å². The van der Waals surface area contributed by atoms with E-state index in [0.717, 1.165) is 54.4 Å². The highest BCUT2D eigenvalue weighted by Crippen LogP contribution is 2.30. The number of H-pyrrole nitrogens is 1. The van der Waals surface area contributed by atoms with Gasteiger partial charge >= 0.3 is 0 Å². The molecule has 0 bridgehead atoms. The number of aromatic nitrogens is 4. The first-order valence-electron chi connectivity index (χ1n) is 8.51. The highest BCUT2D eigenvalue weighted by molar-refractivity contribution is 6.30. The minimum atomic E-state index is 0.0993. The molecule has 4 rings (SSSR count). The number of imidazole rings is 1. The molecule has 1 aliphatic rings. The zero-order valence-corrected chi connectivity index (χ0v) is 14.9. The summed E-state index contributed by atoms with van der Waals surface area (Å²) in [5, 5.41) is 4.35. The SMILES string of the molecule is CNC1(Cc2ccc(Cl)cc2)CCN(c2ncnc3[nH]cnc23)CC1. The summed E-state index contributed by atoms with van der Waals surface area (Å²) < 4.78 is 0. The number of aromatic amines is 1. The molecule has 130 valence electrons. The Morgan fingerprint density at radius 2 is 1.92 bits per heavy atom. The van der Waals surface area contributed by atoms with E-state index in [1.807, 2.05) is 12.1 Å². The molecule has 0 atom stereocenters. The predicted octanol–water partition coefficient (Wildman–Crippen LogP) is 2.81. The highest BCUT2D eigenvalue weighted by Gasteiger charge is 2.34. The summed E-state index contributed by atoms with van der Waals surface area (Å²) >= 11 is 6.01. The number of hydrogen-bond acceptors (Lipinski definition) is 5. The summed E-state index contributed by atoms with van der Waals surface area (Å²) in [6.07, 6.45) is 6.36. The Bertz CT molecular complexity index is 851. The molecule has 0 unspecified atom stereocenters. The van der Waals surface area contributed by atoms with Gasteiger partial charge in [-0.1, -0.05) is 23.7 Å². The van der Waals surface area contributed by atoms with Gasteiger partial charge in [0, 0.05) is 23.7 Å². The molecule has 3 aromatic rings. The molecule has 1 aromatic carbocycles. The molecular formula is C18H21ClN6. The number of nitrogens with zero attached hydrogens (tertiary/aromatic N) is 4. The van der Waals surface area contributed by atoms with Crippen LogP contribution in [0.4, 0.5) is 5.82 Å². The van der Waals surface area contributed by atoms with Gasteiger partial charge < -0.3 is 15.2 Å². The van der Waals surface area contributed by atoms with E-state index in [1.54, 1.807) is 12.7 Å². The largest absolute Gasteiger partial charge is 0.355 e. The normalized spacial score (nSPS) is 17.1. The average molecular weight is 357 g/mol. The number of rotatable bonds is 4. The Balaban J connectivity index is 1.51. The maximum Gasteiger partial charge on any atom is 0.162 e. The van der Waals surface area contributed by atoms with E-state index >= 15 is 0 Å². The molecule has 0 aliphatic carbocycles. The highest BCUT2D eigenvalue weighted by atomic mass is 35.5. The van der Waals surface area contributed by atoms with Crippen LogP contribution in [0.3, 0.4) is 0 Å². The Morgan fingerprint density at radius 3 is 2.64 bits per heavy atom. The van der Waals surface area contributed by atoms with Crippen LogP contribution < -0.4 is 10.2 Å². The zero-order valence-electron chi connectivity index (χ0n) is 14.2. The number of likely N-dealkylation sites (N-methyl/N-ethyl adjacent to an activating group) is 1. The topological polar surface area (TPSA) is 69.7 Å². The van der Waals surface area contributed by atoms with Gasteiger partial charge in [0.2, 0.25) is 0 Å². The summed E-state index contributed by atoms with van der Waals surface area (Å²) in [5.74, 6) is 0.919. The lowest BCUT2D eigenvalue weighted by atomic mass is 9.82. The van der Waals surface area contributed by atoms with E-state index in [4.69, 9.17) is 11.6 Å². The van der Waals surface area contributed by atoms with Crippen LogP contribution in [0.2, 0.25) is 5.02 Å². The Morgan fingerprint density at radius 1 is 1.16 bits per heavy atom. The maximum atomic E-state index is 6.01. The molecule has 2 N–H and O–H groups in total. The number of hydrogen-bond donors (Lipinski definition) is 2. The van der Waals surface area contributed by atoms with Crippen molar-refractivity contribution in [3.63, 3.8) is 0 Å². The molecular weight excluding hydrogens is 336 g/mol. The Labute approximate surface area is 151 Å². The molecule has 0 saturated carbocycles. The molecule has 25 heavy (non-hydrogen) atoms. The zero-order chi connectivity index (χ0) is 17.3. The van der Waals surface area contributed by atoms with E-state index in [2.05, 4.69) is 49.3 Å². The van der Waals surface area contributed by atoms with E-state index in [0.29, 0.717) is 0 Å². The Kier molecular flexibility index (Phi) is 4.31. The molecule has 1 fully saturated rings. The molecule has 7 heteroatoms. The first-order valence-corrected chi connectivity index (χ1v) is 8.89. The second-order valence-corrected chi connectivity index (χ2v) is 7.05. The summed E-state index contributed by atoms with van der Waals surface area (Å²) in [5.41, 5.74) is 3.04. The van der Waals surface area contributed by atoms with Gasteiger partial charge in [-0.25, -0.2) is 15.0 Å². The van der Waals surface area contributed by atoms with Gasteiger partial charge in [0.15, 0.2) is 11.5 Å². The van der Waals surface area contributed by atoms with Crippen LogP contribution in [0.15, 0.2) is 36.9 Å². The van der Waals surface area contributed by atoms with Crippen molar-refractivity contribution in [1.82, 2.24) is 25.3 Å². The van der Waals surface area contributed by atoms with E-state index in [9.17, 15) is 0 Å². The molecule has 0 amide bonds. The maximum absolute atomic E-state index is 6.01. The van der Waals surface area contributed by atoms with Crippen LogP contribution in [-0.2, 0) is 6.42 Å². The van der Waals surface area contributed by atoms with E-state index < -0.39 is 0 Å². The van der Waals surface area contributed by atoms with Crippen LogP contribution in [0.5, 0.6) is 0 Å². The molecule has 2 aromatic heterocycles. The van der Waals surface area contributed by atoms with Crippen LogP contribution in [0, 0.1) is 0 Å². The third kappa shape index (κ3) is 3.19. The fourth-order valence-corrected chi connectivity index (χ4v) is 3.76. The molecule has 0 radical (unpaired) electrons. The third-order valence-electron chi connectivity index (χ3n) is 5.20. The quantitative estimate of drug-likeness (QED) is 0.752. The molecule has 1 saturated heterocycles. The Hall–Kier alpha value is -2.18. The van der Waals surface area contributed by atoms with Crippen LogP contribution in [0.1, 0.15) is 18.4 Å². The fraction of sp³-hybridized carbons (Fsp3) is 0.389. The van der Waals surface area contributed by atoms with Crippen LogP contribution in [0.25, 0.3) is 11.2 Å². The summed E-state index contributed by atoms with van der Waals surface area (Å²) in [6, 6.07) is 8.16. The minimum absolute atomic E-state index is 0.0993. The van der Waals surface area contributed by atoms with E-state index in [-0.39, 0.29) is 5.54 Å². The van der Waals surface area contributed by atoms with Gasteiger partial charge in [-0.3, -0.25) is 0 Å². The number of anilines is 1. The number of nitrogens with one attached hydrogen (secondary N) is 2. The number of piperidine rings is 1. The van der Waals surface area contributed by atoms with Crippen molar-refractivity contribution >= 4 is 28.6 Å². The van der Waals surface area contributed by atoms with Crippen molar-refractivity contribution in [3.05, 3.63) is 47.5 Å². The van der Waals surface area contributed by atoms with Crippen molar-refractivity contribution in [2.24, 2.45) is 0 Å². The van der Waals surface area contributed by atoms with Crippen LogP contribution >= 0.6 is 11.6 Å². The first kappa shape index (κ1) is 16.3. The summed E-state index contributed by atoms with van der Waals surface area (Å²) in [6.45, 7) is 1.88. The first-order chi connectivity index (χ1) is 12.2. The van der Waals surface area contributed by atoms with Gasteiger partial charge in [0.05, 0.1) is 6.33 Å². The fourth-order valence-electron chi connectivity index (χ4n) is 3.64. The average Bonchev–Trinajstić information content (AvgIpc) is 3.13. The molecule has 6 nitrogen and oxygen atoms in total. The van der Waals surface area contributed by atoms with Crippen LogP contribution in [-0.4, -0.2) is 45.6 Å². The van der Waals surface area contributed by atoms with Gasteiger partial charge in [0.25, 0.3) is 0 Å². The van der Waals surface area contributed by atoms with Gasteiger partial charge in [-0.15, -0.1) is 0 Å². The minimum Gasteiger partial charge on any atom is -0.355 e. The molecule has 0 spiro atoms. The van der Waals surface area contributed by atoms with Crippen molar-refractivity contribution in [3.8, 4) is 0 Å².